The Morgan fingerprint density at radius 1 is 1.38 bits per heavy atom. The maximum atomic E-state index is 8.95. The molecule has 0 atom stereocenters. The Hall–Kier alpha value is -1.63. The van der Waals surface area contributed by atoms with Gasteiger partial charge < -0.3 is 4.90 Å². The van der Waals surface area contributed by atoms with Crippen molar-refractivity contribution in [1.82, 2.24) is 9.97 Å². The molecule has 0 spiro atoms. The Balaban J connectivity index is 2.08. The molecule has 4 nitrogen and oxygen atoms in total. The van der Waals surface area contributed by atoms with Gasteiger partial charge in [-0.1, -0.05) is 12.8 Å². The van der Waals surface area contributed by atoms with Crippen LogP contribution in [0.3, 0.4) is 0 Å². The second-order valence-electron chi connectivity index (χ2n) is 4.37. The molecule has 4 heteroatoms. The number of anilines is 1. The third kappa shape index (κ3) is 2.30. The van der Waals surface area contributed by atoms with Gasteiger partial charge in [0.25, 0.3) is 0 Å². The van der Waals surface area contributed by atoms with Crippen molar-refractivity contribution in [1.29, 1.82) is 5.26 Å². The highest BCUT2D eigenvalue weighted by molar-refractivity contribution is 5.48. The van der Waals surface area contributed by atoms with Crippen LogP contribution in [-0.2, 0) is 0 Å². The van der Waals surface area contributed by atoms with Crippen LogP contribution in [0.25, 0.3) is 0 Å². The molecule has 0 bridgehead atoms. The van der Waals surface area contributed by atoms with Gasteiger partial charge in [-0.05, 0) is 18.8 Å². The van der Waals surface area contributed by atoms with Crippen LogP contribution in [-0.4, -0.2) is 23.6 Å². The molecule has 0 N–H and O–H groups in total. The second kappa shape index (κ2) is 4.93. The van der Waals surface area contributed by atoms with E-state index in [1.807, 2.05) is 7.05 Å². The van der Waals surface area contributed by atoms with Gasteiger partial charge in [-0.25, -0.2) is 9.97 Å². The van der Waals surface area contributed by atoms with Crippen molar-refractivity contribution in [2.75, 3.05) is 18.5 Å². The fourth-order valence-electron chi connectivity index (χ4n) is 2.36. The lowest BCUT2D eigenvalue weighted by molar-refractivity contribution is 0.544. The molecule has 1 saturated carbocycles. The lowest BCUT2D eigenvalue weighted by Crippen LogP contribution is -2.25. The summed E-state index contributed by atoms with van der Waals surface area (Å²) in [6, 6.07) is 2.09. The van der Waals surface area contributed by atoms with E-state index in [0.29, 0.717) is 11.5 Å². The second-order valence-corrected chi connectivity index (χ2v) is 4.37. The lowest BCUT2D eigenvalue weighted by atomic mass is 10.1. The quantitative estimate of drug-likeness (QED) is 0.775. The van der Waals surface area contributed by atoms with Crippen LogP contribution in [0.2, 0.25) is 0 Å². The third-order valence-corrected chi connectivity index (χ3v) is 3.15. The highest BCUT2D eigenvalue weighted by Gasteiger charge is 2.19. The molecule has 1 heterocycles. The zero-order valence-electron chi connectivity index (χ0n) is 9.56. The Labute approximate surface area is 95.9 Å². The van der Waals surface area contributed by atoms with E-state index in [2.05, 4.69) is 20.9 Å². The summed E-state index contributed by atoms with van der Waals surface area (Å²) in [6.45, 7) is 0.980. The number of rotatable bonds is 3. The number of aromatic nitrogens is 2. The SMILES string of the molecule is CN(CC1CCCC1)c1nccnc1C#N. The molecule has 0 radical (unpaired) electrons. The average molecular weight is 216 g/mol. The van der Waals surface area contributed by atoms with Crippen molar-refractivity contribution in [3.8, 4) is 6.07 Å². The van der Waals surface area contributed by atoms with Gasteiger partial charge in [0.05, 0.1) is 0 Å². The monoisotopic (exact) mass is 216 g/mol. The van der Waals surface area contributed by atoms with Crippen molar-refractivity contribution >= 4 is 5.82 Å². The molecule has 2 rings (SSSR count). The molecule has 0 unspecified atom stereocenters. The van der Waals surface area contributed by atoms with Crippen LogP contribution in [0.5, 0.6) is 0 Å². The van der Waals surface area contributed by atoms with Crippen molar-refractivity contribution in [2.45, 2.75) is 25.7 Å². The maximum absolute atomic E-state index is 8.95. The average Bonchev–Trinajstić information content (AvgIpc) is 2.81. The summed E-state index contributed by atoms with van der Waals surface area (Å²) in [5, 5.41) is 8.95. The summed E-state index contributed by atoms with van der Waals surface area (Å²) in [5.41, 5.74) is 0.419. The number of nitriles is 1. The Morgan fingerprint density at radius 2 is 2.06 bits per heavy atom. The largest absolute Gasteiger partial charge is 0.357 e. The number of nitrogens with zero attached hydrogens (tertiary/aromatic N) is 4. The highest BCUT2D eigenvalue weighted by atomic mass is 15.2. The van der Waals surface area contributed by atoms with Gasteiger partial charge in [-0.15, -0.1) is 0 Å². The minimum absolute atomic E-state index is 0.419. The summed E-state index contributed by atoms with van der Waals surface area (Å²) in [6.07, 6.45) is 8.47. The van der Waals surface area contributed by atoms with Crippen molar-refractivity contribution < 1.29 is 0 Å². The van der Waals surface area contributed by atoms with E-state index >= 15 is 0 Å². The fraction of sp³-hybridized carbons (Fsp3) is 0.583. The first-order chi connectivity index (χ1) is 7.81. The maximum Gasteiger partial charge on any atom is 0.183 e. The highest BCUT2D eigenvalue weighted by Crippen LogP contribution is 2.26. The van der Waals surface area contributed by atoms with E-state index in [-0.39, 0.29) is 0 Å². The zero-order valence-corrected chi connectivity index (χ0v) is 9.56. The Morgan fingerprint density at radius 3 is 2.75 bits per heavy atom. The van der Waals surface area contributed by atoms with Gasteiger partial charge in [-0.2, -0.15) is 5.26 Å². The molecular formula is C12H16N4. The van der Waals surface area contributed by atoms with Gasteiger partial charge in [-0.3, -0.25) is 0 Å². The molecule has 0 aliphatic heterocycles. The van der Waals surface area contributed by atoms with Gasteiger partial charge >= 0.3 is 0 Å². The van der Waals surface area contributed by atoms with Crippen molar-refractivity contribution in [2.24, 2.45) is 5.92 Å². The molecule has 0 amide bonds. The summed E-state index contributed by atoms with van der Waals surface area (Å²) in [7, 11) is 1.99. The van der Waals surface area contributed by atoms with Gasteiger partial charge in [0.1, 0.15) is 6.07 Å². The van der Waals surface area contributed by atoms with Crippen LogP contribution in [0.4, 0.5) is 5.82 Å². The minimum Gasteiger partial charge on any atom is -0.357 e. The van der Waals surface area contributed by atoms with Gasteiger partial charge in [0.15, 0.2) is 11.5 Å². The van der Waals surface area contributed by atoms with Gasteiger partial charge in [0, 0.05) is 26.0 Å². The number of hydrogen-bond acceptors (Lipinski definition) is 4. The molecule has 1 aromatic rings. The van der Waals surface area contributed by atoms with Crippen LogP contribution >= 0.6 is 0 Å². The summed E-state index contributed by atoms with van der Waals surface area (Å²) < 4.78 is 0. The van der Waals surface area contributed by atoms with Crippen LogP contribution in [0.15, 0.2) is 12.4 Å². The minimum atomic E-state index is 0.419. The van der Waals surface area contributed by atoms with E-state index in [0.717, 1.165) is 12.5 Å². The summed E-state index contributed by atoms with van der Waals surface area (Å²) in [4.78, 5) is 10.3. The van der Waals surface area contributed by atoms with E-state index < -0.39 is 0 Å². The van der Waals surface area contributed by atoms with Crippen LogP contribution in [0.1, 0.15) is 31.4 Å². The first-order valence-electron chi connectivity index (χ1n) is 5.73. The van der Waals surface area contributed by atoms with E-state index in [1.54, 1.807) is 12.4 Å². The predicted octanol–water partition coefficient (Wildman–Crippen LogP) is 1.97. The Bertz CT molecular complexity index is 390. The summed E-state index contributed by atoms with van der Waals surface area (Å²) >= 11 is 0. The molecule has 1 aliphatic carbocycles. The summed E-state index contributed by atoms with van der Waals surface area (Å²) in [5.74, 6) is 1.45. The first-order valence-corrected chi connectivity index (χ1v) is 5.73. The van der Waals surface area contributed by atoms with Crippen molar-refractivity contribution in [3.63, 3.8) is 0 Å². The molecule has 16 heavy (non-hydrogen) atoms. The standard InChI is InChI=1S/C12H16N4/c1-16(9-10-4-2-3-5-10)12-11(8-13)14-6-7-15-12/h6-7,10H,2-5,9H2,1H3. The topological polar surface area (TPSA) is 52.8 Å². The van der Waals surface area contributed by atoms with Crippen molar-refractivity contribution in [3.05, 3.63) is 18.1 Å². The van der Waals surface area contributed by atoms with E-state index in [4.69, 9.17) is 5.26 Å². The van der Waals surface area contributed by atoms with E-state index in [9.17, 15) is 0 Å². The predicted molar refractivity (Wildman–Crippen MR) is 62.0 cm³/mol. The van der Waals surface area contributed by atoms with E-state index in [1.165, 1.54) is 25.7 Å². The normalized spacial score (nSPS) is 16.0. The zero-order chi connectivity index (χ0) is 11.4. The third-order valence-electron chi connectivity index (χ3n) is 3.15. The molecular weight excluding hydrogens is 200 g/mol. The molecule has 1 aromatic heterocycles. The number of hydrogen-bond donors (Lipinski definition) is 0. The Kier molecular flexibility index (Phi) is 3.35. The molecule has 1 fully saturated rings. The first kappa shape index (κ1) is 10.9. The molecule has 1 aliphatic rings. The smallest absolute Gasteiger partial charge is 0.183 e. The van der Waals surface area contributed by atoms with Gasteiger partial charge in [0.2, 0.25) is 0 Å². The van der Waals surface area contributed by atoms with Crippen LogP contribution < -0.4 is 4.90 Å². The molecule has 0 saturated heterocycles. The molecule has 84 valence electrons. The molecule has 0 aromatic carbocycles. The lowest BCUT2D eigenvalue weighted by Gasteiger charge is -2.22. The fourth-order valence-corrected chi connectivity index (χ4v) is 2.36. The van der Waals surface area contributed by atoms with Crippen LogP contribution in [0, 0.1) is 17.2 Å².